The van der Waals surface area contributed by atoms with E-state index in [4.69, 9.17) is 4.74 Å². The molecule has 33 heavy (non-hydrogen) atoms. The first-order chi connectivity index (χ1) is 16.0. The first-order valence-corrected chi connectivity index (χ1v) is 11.4. The normalized spacial score (nSPS) is 26.8. The quantitative estimate of drug-likeness (QED) is 0.617. The SMILES string of the molecule is COc1cccc2[nH]c(C(=O)N3C[C@@H]4C[C@@H]4[C@H]3C(=O)N[C@H](C#N)CC3CCCNC3=O)cc12. The number of methoxy groups -OCH3 is 1. The van der Waals surface area contributed by atoms with Gasteiger partial charge in [-0.1, -0.05) is 6.07 Å². The Bertz CT molecular complexity index is 1150. The van der Waals surface area contributed by atoms with Crippen molar-refractivity contribution >= 4 is 28.6 Å². The largest absolute Gasteiger partial charge is 0.496 e. The molecule has 9 nitrogen and oxygen atoms in total. The summed E-state index contributed by atoms with van der Waals surface area (Å²) in [6, 6.07) is 8.07. The number of likely N-dealkylation sites (tertiary alicyclic amines) is 1. The molecule has 2 saturated heterocycles. The number of carbonyl (C=O) groups is 3. The lowest BCUT2D eigenvalue weighted by atomic mass is 9.92. The van der Waals surface area contributed by atoms with E-state index in [1.807, 2.05) is 18.2 Å². The van der Waals surface area contributed by atoms with E-state index < -0.39 is 12.1 Å². The number of nitrogens with zero attached hydrogens (tertiary/aromatic N) is 2. The lowest BCUT2D eigenvalue weighted by Crippen LogP contribution is -2.51. The Labute approximate surface area is 191 Å². The molecule has 0 spiro atoms. The van der Waals surface area contributed by atoms with E-state index in [0.717, 1.165) is 23.7 Å². The second kappa shape index (κ2) is 8.43. The Balaban J connectivity index is 1.31. The second-order valence-electron chi connectivity index (χ2n) is 9.22. The summed E-state index contributed by atoms with van der Waals surface area (Å²) >= 11 is 0. The number of hydrogen-bond acceptors (Lipinski definition) is 5. The van der Waals surface area contributed by atoms with Crippen LogP contribution < -0.4 is 15.4 Å². The zero-order valence-corrected chi connectivity index (χ0v) is 18.5. The van der Waals surface area contributed by atoms with Crippen molar-refractivity contribution in [2.24, 2.45) is 17.8 Å². The number of rotatable bonds is 6. The standard InChI is InChI=1S/C24H27N5O4/c1-33-20-6-2-5-18-17(20)10-19(28-18)24(32)29-12-14-9-16(14)21(29)23(31)27-15(11-25)8-13-4-3-7-26-22(13)30/h2,5-6,10,13-16,21,28H,3-4,7-9,12H2,1H3,(H,26,30)(H,27,31)/t13?,14-,15-,16-,21-/m0/s1. The van der Waals surface area contributed by atoms with Crippen LogP contribution in [0.25, 0.3) is 10.9 Å². The van der Waals surface area contributed by atoms with E-state index in [2.05, 4.69) is 21.7 Å². The first-order valence-electron chi connectivity index (χ1n) is 11.4. The van der Waals surface area contributed by atoms with Crippen LogP contribution in [0.5, 0.6) is 5.75 Å². The van der Waals surface area contributed by atoms with Crippen molar-refractivity contribution < 1.29 is 19.1 Å². The van der Waals surface area contributed by atoms with Crippen LogP contribution in [0.1, 0.15) is 36.2 Å². The van der Waals surface area contributed by atoms with Crippen molar-refractivity contribution in [1.82, 2.24) is 20.5 Å². The van der Waals surface area contributed by atoms with Crippen LogP contribution >= 0.6 is 0 Å². The number of nitrogens with one attached hydrogen (secondary N) is 3. The van der Waals surface area contributed by atoms with Crippen LogP contribution in [0.15, 0.2) is 24.3 Å². The van der Waals surface area contributed by atoms with Gasteiger partial charge >= 0.3 is 0 Å². The summed E-state index contributed by atoms with van der Waals surface area (Å²) < 4.78 is 5.39. The van der Waals surface area contributed by atoms with Gasteiger partial charge in [0, 0.05) is 29.9 Å². The van der Waals surface area contributed by atoms with Crippen LogP contribution in [0.3, 0.4) is 0 Å². The Morgan fingerprint density at radius 2 is 2.24 bits per heavy atom. The van der Waals surface area contributed by atoms with Gasteiger partial charge in [-0.15, -0.1) is 0 Å². The van der Waals surface area contributed by atoms with E-state index in [1.165, 1.54) is 0 Å². The number of aromatic amines is 1. The monoisotopic (exact) mass is 449 g/mol. The average molecular weight is 450 g/mol. The summed E-state index contributed by atoms with van der Waals surface area (Å²) in [4.78, 5) is 43.4. The third-order valence-electron chi connectivity index (χ3n) is 7.15. The highest BCUT2D eigenvalue weighted by molar-refractivity contribution is 6.02. The highest BCUT2D eigenvalue weighted by Crippen LogP contribution is 2.50. The number of hydrogen-bond donors (Lipinski definition) is 3. The van der Waals surface area contributed by atoms with E-state index in [0.29, 0.717) is 36.9 Å². The lowest BCUT2D eigenvalue weighted by molar-refractivity contribution is -0.129. The van der Waals surface area contributed by atoms with Crippen molar-refractivity contribution in [2.75, 3.05) is 20.2 Å². The molecule has 1 unspecified atom stereocenters. The molecule has 0 radical (unpaired) electrons. The third kappa shape index (κ3) is 3.90. The van der Waals surface area contributed by atoms with Crippen LogP contribution in [0, 0.1) is 29.1 Å². The maximum Gasteiger partial charge on any atom is 0.271 e. The number of fused-ring (bicyclic) bond motifs is 2. The molecule has 1 aromatic carbocycles. The van der Waals surface area contributed by atoms with Crippen molar-refractivity contribution in [3.05, 3.63) is 30.0 Å². The molecule has 3 N–H and O–H groups in total. The molecule has 2 aromatic rings. The number of H-pyrrole nitrogens is 1. The van der Waals surface area contributed by atoms with Gasteiger partial charge in [-0.05, 0) is 55.7 Å². The highest BCUT2D eigenvalue weighted by atomic mass is 16.5. The maximum atomic E-state index is 13.4. The summed E-state index contributed by atoms with van der Waals surface area (Å²) in [5.41, 5.74) is 1.20. The molecule has 1 aromatic heterocycles. The minimum atomic E-state index is -0.765. The Morgan fingerprint density at radius 3 is 3.00 bits per heavy atom. The molecule has 1 aliphatic carbocycles. The van der Waals surface area contributed by atoms with Crippen LogP contribution in [-0.2, 0) is 9.59 Å². The summed E-state index contributed by atoms with van der Waals surface area (Å²) in [5, 5.41) is 16.0. The van der Waals surface area contributed by atoms with Gasteiger partial charge in [-0.2, -0.15) is 5.26 Å². The Kier molecular flexibility index (Phi) is 5.44. The molecule has 1 saturated carbocycles. The molecule has 172 valence electrons. The Morgan fingerprint density at radius 1 is 1.39 bits per heavy atom. The van der Waals surface area contributed by atoms with Gasteiger partial charge in [0.2, 0.25) is 11.8 Å². The number of amides is 3. The lowest BCUT2D eigenvalue weighted by Gasteiger charge is -2.28. The minimum Gasteiger partial charge on any atom is -0.496 e. The summed E-state index contributed by atoms with van der Waals surface area (Å²) in [6.45, 7) is 1.18. The minimum absolute atomic E-state index is 0.0649. The van der Waals surface area contributed by atoms with E-state index in [-0.39, 0.29) is 36.0 Å². The maximum absolute atomic E-state index is 13.4. The van der Waals surface area contributed by atoms with Gasteiger partial charge in [0.15, 0.2) is 0 Å². The molecule has 3 aliphatic rings. The van der Waals surface area contributed by atoms with Crippen LogP contribution in [-0.4, -0.2) is 59.9 Å². The number of benzene rings is 1. The third-order valence-corrected chi connectivity index (χ3v) is 7.15. The van der Waals surface area contributed by atoms with Crippen molar-refractivity contribution in [1.29, 1.82) is 5.26 Å². The number of aromatic nitrogens is 1. The fourth-order valence-electron chi connectivity index (χ4n) is 5.33. The molecular formula is C24H27N5O4. The molecule has 3 amide bonds. The zero-order chi connectivity index (χ0) is 23.1. The van der Waals surface area contributed by atoms with E-state index in [1.54, 1.807) is 18.1 Å². The van der Waals surface area contributed by atoms with Crippen molar-refractivity contribution in [2.45, 2.75) is 37.8 Å². The van der Waals surface area contributed by atoms with Crippen molar-refractivity contribution in [3.8, 4) is 11.8 Å². The van der Waals surface area contributed by atoms with Crippen LogP contribution in [0.4, 0.5) is 0 Å². The summed E-state index contributed by atoms with van der Waals surface area (Å²) in [7, 11) is 1.58. The number of carbonyl (C=O) groups excluding carboxylic acids is 3. The smallest absolute Gasteiger partial charge is 0.271 e. The van der Waals surface area contributed by atoms with E-state index in [9.17, 15) is 19.6 Å². The zero-order valence-electron chi connectivity index (χ0n) is 18.5. The fraction of sp³-hybridized carbons (Fsp3) is 0.500. The van der Waals surface area contributed by atoms with Crippen LogP contribution in [0.2, 0.25) is 0 Å². The Hall–Kier alpha value is -3.54. The van der Waals surface area contributed by atoms with Crippen molar-refractivity contribution in [3.63, 3.8) is 0 Å². The number of piperidine rings is 2. The van der Waals surface area contributed by atoms with Gasteiger partial charge in [-0.3, -0.25) is 14.4 Å². The highest BCUT2D eigenvalue weighted by Gasteiger charge is 2.57. The molecular weight excluding hydrogens is 422 g/mol. The second-order valence-corrected chi connectivity index (χ2v) is 9.22. The van der Waals surface area contributed by atoms with E-state index >= 15 is 0 Å². The summed E-state index contributed by atoms with van der Waals surface area (Å²) in [5.74, 6) is 0.207. The predicted octanol–water partition coefficient (Wildman–Crippen LogP) is 1.56. The van der Waals surface area contributed by atoms with Gasteiger partial charge < -0.3 is 25.3 Å². The van der Waals surface area contributed by atoms with Gasteiger partial charge in [0.05, 0.1) is 13.2 Å². The first kappa shape index (κ1) is 21.3. The topological polar surface area (TPSA) is 127 Å². The molecule has 5 atom stereocenters. The van der Waals surface area contributed by atoms with Gasteiger partial charge in [0.1, 0.15) is 23.5 Å². The van der Waals surface area contributed by atoms with Gasteiger partial charge in [-0.25, -0.2) is 0 Å². The molecule has 5 rings (SSSR count). The molecule has 9 heteroatoms. The van der Waals surface area contributed by atoms with Gasteiger partial charge in [0.25, 0.3) is 5.91 Å². The molecule has 0 bridgehead atoms. The fourth-order valence-corrected chi connectivity index (χ4v) is 5.33. The number of nitriles is 1. The predicted molar refractivity (Wildman–Crippen MR) is 119 cm³/mol. The molecule has 2 aliphatic heterocycles. The summed E-state index contributed by atoms with van der Waals surface area (Å²) in [6.07, 6.45) is 2.77. The molecule has 3 heterocycles. The number of ether oxygens (including phenoxy) is 1. The molecule has 3 fully saturated rings. The average Bonchev–Trinajstić information content (AvgIpc) is 3.27.